The standard InChI is InChI=1S/C27H42N6O/c1-31(2)16-7-21-34-25-10-8-23(9-11-25)22-32-19-13-24(14-20-32)29-27-28-15-12-26(30-27)33-17-5-3-4-6-18-33/h8-12,15,24H,3-7,13-14,16-22H2,1-2H3,(H,28,29,30). The number of hydrogen-bond donors (Lipinski definition) is 1. The van der Waals surface area contributed by atoms with E-state index in [4.69, 9.17) is 9.72 Å². The Hall–Kier alpha value is -2.38. The van der Waals surface area contributed by atoms with Crippen LogP contribution in [0.15, 0.2) is 36.5 Å². The topological polar surface area (TPSA) is 56.8 Å². The van der Waals surface area contributed by atoms with E-state index in [0.29, 0.717) is 6.04 Å². The normalized spacial score (nSPS) is 18.1. The Balaban J connectivity index is 1.19. The minimum absolute atomic E-state index is 0.438. The van der Waals surface area contributed by atoms with Crippen LogP contribution in [0.2, 0.25) is 0 Å². The quantitative estimate of drug-likeness (QED) is 0.525. The summed E-state index contributed by atoms with van der Waals surface area (Å²) in [7, 11) is 4.19. The smallest absolute Gasteiger partial charge is 0.224 e. The molecule has 1 N–H and O–H groups in total. The summed E-state index contributed by atoms with van der Waals surface area (Å²) in [6.45, 7) is 7.21. The zero-order valence-corrected chi connectivity index (χ0v) is 21.1. The van der Waals surface area contributed by atoms with E-state index in [0.717, 1.165) is 82.7 Å². The van der Waals surface area contributed by atoms with E-state index in [2.05, 4.69) is 69.4 Å². The maximum atomic E-state index is 5.86. The second-order valence-corrected chi connectivity index (χ2v) is 9.98. The van der Waals surface area contributed by atoms with Crippen LogP contribution in [0.4, 0.5) is 11.8 Å². The number of hydrogen-bond acceptors (Lipinski definition) is 7. The molecule has 0 aliphatic carbocycles. The van der Waals surface area contributed by atoms with Gasteiger partial charge in [0, 0.05) is 51.5 Å². The van der Waals surface area contributed by atoms with Gasteiger partial charge in [0.15, 0.2) is 0 Å². The van der Waals surface area contributed by atoms with Gasteiger partial charge in [0.25, 0.3) is 0 Å². The Morgan fingerprint density at radius 3 is 2.41 bits per heavy atom. The van der Waals surface area contributed by atoms with Crippen molar-refractivity contribution in [1.29, 1.82) is 0 Å². The maximum Gasteiger partial charge on any atom is 0.224 e. The largest absolute Gasteiger partial charge is 0.494 e. The predicted octanol–water partition coefficient (Wildman–Crippen LogP) is 4.26. The summed E-state index contributed by atoms with van der Waals surface area (Å²) >= 11 is 0. The summed E-state index contributed by atoms with van der Waals surface area (Å²) in [4.78, 5) is 16.5. The molecular formula is C27H42N6O. The van der Waals surface area contributed by atoms with Gasteiger partial charge >= 0.3 is 0 Å². The first-order valence-corrected chi connectivity index (χ1v) is 13.1. The summed E-state index contributed by atoms with van der Waals surface area (Å²) in [6.07, 6.45) is 10.4. The highest BCUT2D eigenvalue weighted by Gasteiger charge is 2.20. The van der Waals surface area contributed by atoms with Crippen LogP contribution < -0.4 is 15.0 Å². The first-order chi connectivity index (χ1) is 16.7. The van der Waals surface area contributed by atoms with Gasteiger partial charge in [-0.05, 0) is 70.0 Å². The highest BCUT2D eigenvalue weighted by molar-refractivity contribution is 5.43. The van der Waals surface area contributed by atoms with E-state index in [1.165, 1.54) is 31.2 Å². The molecule has 3 heterocycles. The van der Waals surface area contributed by atoms with Crippen LogP contribution in [0.3, 0.4) is 0 Å². The number of piperidine rings is 1. The van der Waals surface area contributed by atoms with Crippen LogP contribution in [-0.2, 0) is 6.54 Å². The lowest BCUT2D eigenvalue weighted by Crippen LogP contribution is -2.39. The van der Waals surface area contributed by atoms with Crippen molar-refractivity contribution in [3.63, 3.8) is 0 Å². The molecule has 2 fully saturated rings. The Kier molecular flexibility index (Phi) is 9.39. The highest BCUT2D eigenvalue weighted by Crippen LogP contribution is 2.21. The molecule has 0 amide bonds. The third-order valence-electron chi connectivity index (χ3n) is 6.84. The average Bonchev–Trinajstić information content (AvgIpc) is 3.14. The van der Waals surface area contributed by atoms with E-state index in [1.807, 2.05) is 6.20 Å². The molecule has 0 radical (unpaired) electrons. The number of benzene rings is 1. The molecule has 186 valence electrons. The van der Waals surface area contributed by atoms with Gasteiger partial charge in [-0.15, -0.1) is 0 Å². The summed E-state index contributed by atoms with van der Waals surface area (Å²) in [5.41, 5.74) is 1.35. The van der Waals surface area contributed by atoms with Crippen LogP contribution in [0.25, 0.3) is 0 Å². The molecule has 2 aliphatic heterocycles. The fraction of sp³-hybridized carbons (Fsp3) is 0.630. The van der Waals surface area contributed by atoms with Crippen LogP contribution in [-0.4, -0.2) is 79.2 Å². The van der Waals surface area contributed by atoms with E-state index >= 15 is 0 Å². The molecule has 2 saturated heterocycles. The summed E-state index contributed by atoms with van der Waals surface area (Å²) in [5, 5.41) is 3.60. The van der Waals surface area contributed by atoms with Gasteiger partial charge in [0.05, 0.1) is 6.61 Å². The van der Waals surface area contributed by atoms with Crippen LogP contribution in [0.5, 0.6) is 5.75 Å². The Morgan fingerprint density at radius 1 is 0.971 bits per heavy atom. The second kappa shape index (κ2) is 12.9. The molecule has 0 unspecified atom stereocenters. The SMILES string of the molecule is CN(C)CCCOc1ccc(CN2CCC(Nc3nccc(N4CCCCCC4)n3)CC2)cc1. The zero-order valence-electron chi connectivity index (χ0n) is 21.1. The lowest BCUT2D eigenvalue weighted by Gasteiger charge is -2.32. The molecular weight excluding hydrogens is 424 g/mol. The number of anilines is 2. The fourth-order valence-corrected chi connectivity index (χ4v) is 4.83. The van der Waals surface area contributed by atoms with Crippen molar-refractivity contribution in [1.82, 2.24) is 19.8 Å². The summed E-state index contributed by atoms with van der Waals surface area (Å²) < 4.78 is 5.86. The third-order valence-corrected chi connectivity index (χ3v) is 6.84. The maximum absolute atomic E-state index is 5.86. The fourth-order valence-electron chi connectivity index (χ4n) is 4.83. The van der Waals surface area contributed by atoms with E-state index < -0.39 is 0 Å². The molecule has 2 aromatic rings. The van der Waals surface area contributed by atoms with Crippen molar-refractivity contribution in [3.8, 4) is 5.75 Å². The van der Waals surface area contributed by atoms with Crippen molar-refractivity contribution in [2.24, 2.45) is 0 Å². The molecule has 1 aromatic heterocycles. The van der Waals surface area contributed by atoms with Gasteiger partial charge in [0.1, 0.15) is 11.6 Å². The van der Waals surface area contributed by atoms with E-state index in [1.54, 1.807) is 0 Å². The molecule has 2 aliphatic rings. The minimum atomic E-state index is 0.438. The second-order valence-electron chi connectivity index (χ2n) is 9.98. The number of aromatic nitrogens is 2. The van der Waals surface area contributed by atoms with E-state index in [9.17, 15) is 0 Å². The molecule has 7 nitrogen and oxygen atoms in total. The predicted molar refractivity (Wildman–Crippen MR) is 140 cm³/mol. The molecule has 0 saturated carbocycles. The van der Waals surface area contributed by atoms with Crippen LogP contribution in [0, 0.1) is 0 Å². The van der Waals surface area contributed by atoms with Gasteiger partial charge in [0.2, 0.25) is 5.95 Å². The number of rotatable bonds is 10. The van der Waals surface area contributed by atoms with Gasteiger partial charge in [-0.2, -0.15) is 4.98 Å². The van der Waals surface area contributed by atoms with Crippen molar-refractivity contribution < 1.29 is 4.74 Å². The van der Waals surface area contributed by atoms with Crippen molar-refractivity contribution in [2.75, 3.05) is 63.6 Å². The Bertz CT molecular complexity index is 842. The molecule has 1 aromatic carbocycles. The molecule has 4 rings (SSSR count). The third kappa shape index (κ3) is 7.84. The number of ether oxygens (including phenoxy) is 1. The van der Waals surface area contributed by atoms with Crippen LogP contribution in [0.1, 0.15) is 50.5 Å². The van der Waals surface area contributed by atoms with E-state index in [-0.39, 0.29) is 0 Å². The minimum Gasteiger partial charge on any atom is -0.494 e. The van der Waals surface area contributed by atoms with Gasteiger partial charge in [-0.1, -0.05) is 25.0 Å². The first kappa shape index (κ1) is 24.7. The molecule has 34 heavy (non-hydrogen) atoms. The lowest BCUT2D eigenvalue weighted by molar-refractivity contribution is 0.211. The molecule has 0 spiro atoms. The lowest BCUT2D eigenvalue weighted by atomic mass is 10.0. The van der Waals surface area contributed by atoms with Crippen LogP contribution >= 0.6 is 0 Å². The van der Waals surface area contributed by atoms with Crippen molar-refractivity contribution >= 4 is 11.8 Å². The average molecular weight is 467 g/mol. The Morgan fingerprint density at radius 2 is 1.71 bits per heavy atom. The monoisotopic (exact) mass is 466 g/mol. The number of nitrogens with one attached hydrogen (secondary N) is 1. The van der Waals surface area contributed by atoms with Gasteiger partial charge < -0.3 is 19.9 Å². The number of nitrogens with zero attached hydrogens (tertiary/aromatic N) is 5. The first-order valence-electron chi connectivity index (χ1n) is 13.1. The van der Waals surface area contributed by atoms with Crippen molar-refractivity contribution in [2.45, 2.75) is 57.5 Å². The number of likely N-dealkylation sites (tertiary alicyclic amines) is 1. The highest BCUT2D eigenvalue weighted by atomic mass is 16.5. The molecule has 0 bridgehead atoms. The summed E-state index contributed by atoms with van der Waals surface area (Å²) in [5.74, 6) is 2.82. The van der Waals surface area contributed by atoms with Gasteiger partial charge in [-0.25, -0.2) is 4.98 Å². The van der Waals surface area contributed by atoms with Crippen molar-refractivity contribution in [3.05, 3.63) is 42.1 Å². The molecule has 7 heteroatoms. The zero-order chi connectivity index (χ0) is 23.6. The molecule has 0 atom stereocenters. The summed E-state index contributed by atoms with van der Waals surface area (Å²) in [6, 6.07) is 11.1. The van der Waals surface area contributed by atoms with Gasteiger partial charge in [-0.3, -0.25) is 4.90 Å². The Labute approximate surface area is 205 Å².